The third-order valence-corrected chi connectivity index (χ3v) is 6.09. The molecule has 7 heteroatoms. The Bertz CT molecular complexity index is 951. The van der Waals surface area contributed by atoms with Crippen LogP contribution in [-0.2, 0) is 11.2 Å². The second-order valence-corrected chi connectivity index (χ2v) is 8.60. The second kappa shape index (κ2) is 9.80. The largest absolute Gasteiger partial charge is 0.416 e. The highest BCUT2D eigenvalue weighted by Gasteiger charge is 2.16. The molecule has 1 aliphatic rings. The van der Waals surface area contributed by atoms with Gasteiger partial charge in [0.15, 0.2) is 0 Å². The zero-order valence-electron chi connectivity index (χ0n) is 17.1. The zero-order valence-corrected chi connectivity index (χ0v) is 17.9. The summed E-state index contributed by atoms with van der Waals surface area (Å²) in [6.45, 7) is 4.51. The molecule has 2 aromatic carbocycles. The number of nitrogens with zero attached hydrogens (tertiary/aromatic N) is 3. The van der Waals surface area contributed by atoms with Crippen LogP contribution in [0.25, 0.3) is 0 Å². The van der Waals surface area contributed by atoms with Gasteiger partial charge in [-0.1, -0.05) is 49.0 Å². The van der Waals surface area contributed by atoms with Crippen LogP contribution >= 0.6 is 11.8 Å². The lowest BCUT2D eigenvalue weighted by Gasteiger charge is -2.32. The monoisotopic (exact) mass is 422 g/mol. The topological polar surface area (TPSA) is 71.3 Å². The first-order chi connectivity index (χ1) is 14.7. The first-order valence-electron chi connectivity index (χ1n) is 10.3. The van der Waals surface area contributed by atoms with Crippen LogP contribution in [0.5, 0.6) is 0 Å². The fraction of sp³-hybridized carbons (Fsp3) is 0.348. The number of carbonyl (C=O) groups excluding carboxylic acids is 1. The van der Waals surface area contributed by atoms with E-state index in [0.29, 0.717) is 17.5 Å². The first kappa shape index (κ1) is 20.5. The van der Waals surface area contributed by atoms with Crippen molar-refractivity contribution in [2.45, 2.75) is 31.4 Å². The van der Waals surface area contributed by atoms with Gasteiger partial charge in [0.2, 0.25) is 11.8 Å². The van der Waals surface area contributed by atoms with Gasteiger partial charge in [-0.05, 0) is 48.6 Å². The Kier molecular flexibility index (Phi) is 6.69. The maximum atomic E-state index is 12.3. The lowest BCUT2D eigenvalue weighted by atomic mass is 9.99. The van der Waals surface area contributed by atoms with Gasteiger partial charge < -0.3 is 14.6 Å². The number of thioether (sulfide) groups is 1. The quantitative estimate of drug-likeness (QED) is 0.560. The molecule has 0 aliphatic carbocycles. The molecule has 1 N–H and O–H groups in total. The Balaban J connectivity index is 1.24. The van der Waals surface area contributed by atoms with Crippen LogP contribution in [0.4, 0.5) is 11.4 Å². The van der Waals surface area contributed by atoms with Gasteiger partial charge in [-0.2, -0.15) is 0 Å². The summed E-state index contributed by atoms with van der Waals surface area (Å²) >= 11 is 1.24. The highest BCUT2D eigenvalue weighted by Crippen LogP contribution is 2.24. The number of aromatic nitrogens is 2. The molecule has 0 unspecified atom stereocenters. The maximum Gasteiger partial charge on any atom is 0.277 e. The van der Waals surface area contributed by atoms with E-state index < -0.39 is 0 Å². The number of carbonyl (C=O) groups is 1. The molecule has 0 saturated carbocycles. The molecule has 1 aliphatic heterocycles. The minimum absolute atomic E-state index is 0.0950. The molecule has 1 amide bonds. The average Bonchev–Trinajstić information content (AvgIpc) is 3.21. The molecule has 0 atom stereocenters. The smallest absolute Gasteiger partial charge is 0.277 e. The molecule has 3 aromatic rings. The van der Waals surface area contributed by atoms with Gasteiger partial charge in [0, 0.05) is 24.5 Å². The molecule has 0 bridgehead atoms. The van der Waals surface area contributed by atoms with Crippen molar-refractivity contribution in [1.82, 2.24) is 10.2 Å². The molecule has 1 fully saturated rings. The van der Waals surface area contributed by atoms with Crippen LogP contribution in [0.1, 0.15) is 31.2 Å². The lowest BCUT2D eigenvalue weighted by Crippen LogP contribution is -2.32. The summed E-state index contributed by atoms with van der Waals surface area (Å²) in [5.41, 5.74) is 3.12. The SMILES string of the molecule is CC1CCN(c2ccc(NC(=O)CSc3nnc(Cc4ccccc4)o3)cc2)CC1. The number of benzene rings is 2. The zero-order chi connectivity index (χ0) is 20.8. The van der Waals surface area contributed by atoms with Crippen LogP contribution in [-0.4, -0.2) is 34.9 Å². The van der Waals surface area contributed by atoms with Crippen molar-refractivity contribution >= 4 is 29.0 Å². The number of hydrogen-bond acceptors (Lipinski definition) is 6. The molecule has 156 valence electrons. The molecule has 1 aromatic heterocycles. The number of hydrogen-bond donors (Lipinski definition) is 1. The van der Waals surface area contributed by atoms with E-state index in [9.17, 15) is 4.79 Å². The number of piperidine rings is 1. The molecule has 0 spiro atoms. The van der Waals surface area contributed by atoms with Gasteiger partial charge in [0.25, 0.3) is 5.22 Å². The standard InChI is InChI=1S/C23H26N4O2S/c1-17-11-13-27(14-12-17)20-9-7-19(8-10-20)24-21(28)16-30-23-26-25-22(29-23)15-18-5-3-2-4-6-18/h2-10,17H,11-16H2,1H3,(H,24,28). The predicted molar refractivity (Wildman–Crippen MR) is 120 cm³/mol. The Labute approximate surface area is 181 Å². The average molecular weight is 423 g/mol. The summed E-state index contributed by atoms with van der Waals surface area (Å²) in [7, 11) is 0. The van der Waals surface area contributed by atoms with Gasteiger partial charge in [-0.3, -0.25) is 4.79 Å². The van der Waals surface area contributed by atoms with E-state index in [2.05, 4.69) is 39.5 Å². The summed E-state index contributed by atoms with van der Waals surface area (Å²) in [5, 5.41) is 11.4. The number of rotatable bonds is 7. The Morgan fingerprint density at radius 3 is 2.57 bits per heavy atom. The molecule has 6 nitrogen and oxygen atoms in total. The summed E-state index contributed by atoms with van der Waals surface area (Å²) in [4.78, 5) is 14.7. The molecule has 1 saturated heterocycles. The van der Waals surface area contributed by atoms with Crippen molar-refractivity contribution in [3.8, 4) is 0 Å². The van der Waals surface area contributed by atoms with Crippen LogP contribution in [0.3, 0.4) is 0 Å². The van der Waals surface area contributed by atoms with Gasteiger partial charge >= 0.3 is 0 Å². The summed E-state index contributed by atoms with van der Waals surface area (Å²) < 4.78 is 5.63. The minimum Gasteiger partial charge on any atom is -0.416 e. The van der Waals surface area contributed by atoms with E-state index in [1.54, 1.807) is 0 Å². The van der Waals surface area contributed by atoms with Gasteiger partial charge in [0.05, 0.1) is 12.2 Å². The van der Waals surface area contributed by atoms with Crippen LogP contribution in [0, 0.1) is 5.92 Å². The van der Waals surface area contributed by atoms with E-state index in [4.69, 9.17) is 4.42 Å². The maximum absolute atomic E-state index is 12.3. The van der Waals surface area contributed by atoms with E-state index >= 15 is 0 Å². The van der Waals surface area contributed by atoms with Crippen LogP contribution in [0.2, 0.25) is 0 Å². The Hall–Kier alpha value is -2.80. The molecule has 4 rings (SSSR count). The van der Waals surface area contributed by atoms with Crippen molar-refractivity contribution in [3.63, 3.8) is 0 Å². The van der Waals surface area contributed by atoms with Crippen molar-refractivity contribution in [2.24, 2.45) is 5.92 Å². The summed E-state index contributed by atoms with van der Waals surface area (Å²) in [6, 6.07) is 18.0. The second-order valence-electron chi connectivity index (χ2n) is 7.68. The van der Waals surface area contributed by atoms with Crippen molar-refractivity contribution in [2.75, 3.05) is 29.1 Å². The van der Waals surface area contributed by atoms with E-state index in [-0.39, 0.29) is 11.7 Å². The highest BCUT2D eigenvalue weighted by atomic mass is 32.2. The minimum atomic E-state index is -0.0950. The normalized spacial score (nSPS) is 14.6. The Morgan fingerprint density at radius 1 is 1.10 bits per heavy atom. The number of amides is 1. The van der Waals surface area contributed by atoms with Gasteiger partial charge in [-0.25, -0.2) is 0 Å². The first-order valence-corrected chi connectivity index (χ1v) is 11.3. The van der Waals surface area contributed by atoms with Gasteiger partial charge in [0.1, 0.15) is 0 Å². The number of anilines is 2. The van der Waals surface area contributed by atoms with E-state index in [0.717, 1.165) is 30.3 Å². The third kappa shape index (κ3) is 5.63. The van der Waals surface area contributed by atoms with Crippen LogP contribution in [0.15, 0.2) is 64.2 Å². The molecule has 0 radical (unpaired) electrons. The van der Waals surface area contributed by atoms with E-state index in [1.807, 2.05) is 42.5 Å². The van der Waals surface area contributed by atoms with Gasteiger partial charge in [-0.15, -0.1) is 10.2 Å². The molecule has 2 heterocycles. The van der Waals surface area contributed by atoms with Crippen LogP contribution < -0.4 is 10.2 Å². The Morgan fingerprint density at radius 2 is 1.83 bits per heavy atom. The predicted octanol–water partition coefficient (Wildman–Crippen LogP) is 4.63. The van der Waals surface area contributed by atoms with Crippen molar-refractivity contribution < 1.29 is 9.21 Å². The van der Waals surface area contributed by atoms with Crippen molar-refractivity contribution in [3.05, 3.63) is 66.1 Å². The fourth-order valence-corrected chi connectivity index (χ4v) is 4.07. The molecular weight excluding hydrogens is 396 g/mol. The summed E-state index contributed by atoms with van der Waals surface area (Å²) in [6.07, 6.45) is 3.06. The molecular formula is C23H26N4O2S. The fourth-order valence-electron chi connectivity index (χ4n) is 3.49. The number of nitrogens with one attached hydrogen (secondary N) is 1. The lowest BCUT2D eigenvalue weighted by molar-refractivity contribution is -0.113. The highest BCUT2D eigenvalue weighted by molar-refractivity contribution is 7.99. The molecule has 30 heavy (non-hydrogen) atoms. The summed E-state index contributed by atoms with van der Waals surface area (Å²) in [5.74, 6) is 1.48. The third-order valence-electron chi connectivity index (χ3n) is 5.27. The van der Waals surface area contributed by atoms with Crippen molar-refractivity contribution in [1.29, 1.82) is 0 Å². The van der Waals surface area contributed by atoms with E-state index in [1.165, 1.54) is 30.3 Å².